The Balaban J connectivity index is 2.37. The minimum atomic E-state index is 0.314. The predicted octanol–water partition coefficient (Wildman–Crippen LogP) is 2.92. The van der Waals surface area contributed by atoms with E-state index >= 15 is 0 Å². The van der Waals surface area contributed by atoms with Gasteiger partial charge in [-0.15, -0.1) is 0 Å². The molecule has 0 amide bonds. The molecule has 2 heteroatoms. The number of ketones is 1. The first-order valence-electron chi connectivity index (χ1n) is 6.54. The summed E-state index contributed by atoms with van der Waals surface area (Å²) < 4.78 is 0. The molecule has 0 aliphatic heterocycles. The number of benzene rings is 1. The van der Waals surface area contributed by atoms with Crippen molar-refractivity contribution in [2.24, 2.45) is 0 Å². The minimum absolute atomic E-state index is 0.314. The zero-order valence-corrected chi connectivity index (χ0v) is 11.0. The molecule has 0 atom stereocenters. The summed E-state index contributed by atoms with van der Waals surface area (Å²) in [4.78, 5) is 14.1. The van der Waals surface area contributed by atoms with Crippen molar-refractivity contribution >= 4 is 5.78 Å². The number of Topliss-reactive ketones (excluding diaryl/α,β-unsaturated/α-hetero) is 1. The summed E-state index contributed by atoms with van der Waals surface area (Å²) in [6, 6.07) is 9.97. The summed E-state index contributed by atoms with van der Waals surface area (Å²) in [5.74, 6) is 0.314. The number of carbonyl (C=O) groups excluding carboxylic acids is 1. The van der Waals surface area contributed by atoms with Crippen molar-refractivity contribution in [3.63, 3.8) is 0 Å². The molecule has 0 saturated carbocycles. The predicted molar refractivity (Wildman–Crippen MR) is 72.2 cm³/mol. The number of unbranched alkanes of at least 4 members (excludes halogenated alkanes) is 1. The number of rotatable bonds is 8. The zero-order valence-electron chi connectivity index (χ0n) is 11.0. The maximum absolute atomic E-state index is 11.9. The van der Waals surface area contributed by atoms with E-state index in [1.54, 1.807) is 0 Å². The van der Waals surface area contributed by atoms with Crippen LogP contribution in [-0.2, 0) is 11.2 Å². The van der Waals surface area contributed by atoms with Gasteiger partial charge < -0.3 is 0 Å². The van der Waals surface area contributed by atoms with Gasteiger partial charge in [0.15, 0.2) is 5.78 Å². The fraction of sp³-hybridized carbons (Fsp3) is 0.533. The van der Waals surface area contributed by atoms with Crippen LogP contribution in [0.2, 0.25) is 0 Å². The number of nitrogens with zero attached hydrogens (tertiary/aromatic N) is 1. The molecule has 0 radical (unpaired) electrons. The van der Waals surface area contributed by atoms with E-state index in [2.05, 4.69) is 18.7 Å². The van der Waals surface area contributed by atoms with E-state index in [0.29, 0.717) is 18.7 Å². The third-order valence-electron chi connectivity index (χ3n) is 2.92. The lowest BCUT2D eigenvalue weighted by Gasteiger charge is -2.18. The van der Waals surface area contributed by atoms with Gasteiger partial charge in [-0.05, 0) is 25.1 Å². The molecule has 1 aromatic carbocycles. The van der Waals surface area contributed by atoms with Gasteiger partial charge in [-0.3, -0.25) is 9.69 Å². The summed E-state index contributed by atoms with van der Waals surface area (Å²) in [7, 11) is 0. The van der Waals surface area contributed by atoms with Crippen LogP contribution in [0.3, 0.4) is 0 Å². The summed E-state index contributed by atoms with van der Waals surface area (Å²) in [6.07, 6.45) is 2.92. The standard InChI is InChI=1S/C15H23NO/c1-3-5-11-16(4-2)13-15(17)12-14-9-7-6-8-10-14/h6-10H,3-5,11-13H2,1-2H3. The second-order valence-electron chi connectivity index (χ2n) is 4.42. The van der Waals surface area contributed by atoms with Crippen molar-refractivity contribution in [2.45, 2.75) is 33.1 Å². The van der Waals surface area contributed by atoms with Crippen LogP contribution in [0.25, 0.3) is 0 Å². The Labute approximate surface area is 105 Å². The second kappa shape index (κ2) is 8.02. The molecule has 0 aliphatic carbocycles. The van der Waals surface area contributed by atoms with Gasteiger partial charge in [0.2, 0.25) is 0 Å². The quantitative estimate of drug-likeness (QED) is 0.688. The van der Waals surface area contributed by atoms with Crippen molar-refractivity contribution < 1.29 is 4.79 Å². The normalized spacial score (nSPS) is 10.8. The Kier molecular flexibility index (Phi) is 6.56. The lowest BCUT2D eigenvalue weighted by molar-refractivity contribution is -0.119. The summed E-state index contributed by atoms with van der Waals surface area (Å²) in [5, 5.41) is 0. The van der Waals surface area contributed by atoms with Gasteiger partial charge in [0, 0.05) is 6.42 Å². The van der Waals surface area contributed by atoms with Gasteiger partial charge in [-0.1, -0.05) is 50.6 Å². The van der Waals surface area contributed by atoms with Gasteiger partial charge in [0.1, 0.15) is 0 Å². The molecule has 0 fully saturated rings. The molecule has 1 rings (SSSR count). The van der Waals surface area contributed by atoms with Crippen molar-refractivity contribution in [1.29, 1.82) is 0 Å². The van der Waals surface area contributed by atoms with Crippen LogP contribution in [0.15, 0.2) is 30.3 Å². The molecule has 0 bridgehead atoms. The molecule has 17 heavy (non-hydrogen) atoms. The highest BCUT2D eigenvalue weighted by atomic mass is 16.1. The lowest BCUT2D eigenvalue weighted by atomic mass is 10.1. The zero-order chi connectivity index (χ0) is 12.5. The molecular formula is C15H23NO. The van der Waals surface area contributed by atoms with E-state index < -0.39 is 0 Å². The van der Waals surface area contributed by atoms with E-state index in [1.807, 2.05) is 30.3 Å². The largest absolute Gasteiger partial charge is 0.298 e. The van der Waals surface area contributed by atoms with Crippen LogP contribution in [-0.4, -0.2) is 30.3 Å². The van der Waals surface area contributed by atoms with Gasteiger partial charge >= 0.3 is 0 Å². The van der Waals surface area contributed by atoms with Crippen molar-refractivity contribution in [3.05, 3.63) is 35.9 Å². The average Bonchev–Trinajstić information content (AvgIpc) is 2.35. The van der Waals surface area contributed by atoms with Crippen molar-refractivity contribution in [3.8, 4) is 0 Å². The van der Waals surface area contributed by atoms with Crippen molar-refractivity contribution in [2.75, 3.05) is 19.6 Å². The molecule has 94 valence electrons. The summed E-state index contributed by atoms with van der Waals surface area (Å²) >= 11 is 0. The molecular weight excluding hydrogens is 210 g/mol. The summed E-state index contributed by atoms with van der Waals surface area (Å²) in [5.41, 5.74) is 1.11. The van der Waals surface area contributed by atoms with Gasteiger partial charge in [0.25, 0.3) is 0 Å². The monoisotopic (exact) mass is 233 g/mol. The lowest BCUT2D eigenvalue weighted by Crippen LogP contribution is -2.31. The first kappa shape index (κ1) is 13.9. The first-order valence-corrected chi connectivity index (χ1v) is 6.54. The Morgan fingerprint density at radius 2 is 1.88 bits per heavy atom. The number of hydrogen-bond acceptors (Lipinski definition) is 2. The topological polar surface area (TPSA) is 20.3 Å². The molecule has 0 unspecified atom stereocenters. The third-order valence-corrected chi connectivity index (χ3v) is 2.92. The fourth-order valence-corrected chi connectivity index (χ4v) is 1.86. The molecule has 1 aromatic rings. The van der Waals surface area contributed by atoms with Crippen LogP contribution in [0, 0.1) is 0 Å². The average molecular weight is 233 g/mol. The van der Waals surface area contributed by atoms with E-state index in [9.17, 15) is 4.79 Å². The number of hydrogen-bond donors (Lipinski definition) is 0. The molecule has 0 heterocycles. The number of likely N-dealkylation sites (N-methyl/N-ethyl adjacent to an activating group) is 1. The van der Waals surface area contributed by atoms with Crippen molar-refractivity contribution in [1.82, 2.24) is 4.90 Å². The second-order valence-corrected chi connectivity index (χ2v) is 4.42. The van der Waals surface area contributed by atoms with E-state index in [1.165, 1.54) is 12.8 Å². The Morgan fingerprint density at radius 1 is 1.18 bits per heavy atom. The maximum Gasteiger partial charge on any atom is 0.151 e. The molecule has 0 saturated heterocycles. The van der Waals surface area contributed by atoms with Crippen LogP contribution in [0.4, 0.5) is 0 Å². The third kappa shape index (κ3) is 5.64. The molecule has 0 aliphatic rings. The Morgan fingerprint density at radius 3 is 2.47 bits per heavy atom. The highest BCUT2D eigenvalue weighted by molar-refractivity contribution is 5.82. The highest BCUT2D eigenvalue weighted by Gasteiger charge is 2.09. The van der Waals surface area contributed by atoms with Crippen LogP contribution < -0.4 is 0 Å². The molecule has 2 nitrogen and oxygen atoms in total. The first-order chi connectivity index (χ1) is 8.26. The fourth-order valence-electron chi connectivity index (χ4n) is 1.86. The van der Waals surface area contributed by atoms with E-state index in [0.717, 1.165) is 18.7 Å². The van der Waals surface area contributed by atoms with Crippen LogP contribution in [0.5, 0.6) is 0 Å². The van der Waals surface area contributed by atoms with E-state index in [-0.39, 0.29) is 0 Å². The van der Waals surface area contributed by atoms with Crippen LogP contribution in [0.1, 0.15) is 32.3 Å². The summed E-state index contributed by atoms with van der Waals surface area (Å²) in [6.45, 7) is 6.88. The smallest absolute Gasteiger partial charge is 0.151 e. The van der Waals surface area contributed by atoms with Gasteiger partial charge in [0.05, 0.1) is 6.54 Å². The highest BCUT2D eigenvalue weighted by Crippen LogP contribution is 2.02. The molecule has 0 N–H and O–H groups in total. The minimum Gasteiger partial charge on any atom is -0.298 e. The molecule has 0 aromatic heterocycles. The number of carbonyl (C=O) groups is 1. The van der Waals surface area contributed by atoms with Gasteiger partial charge in [-0.25, -0.2) is 0 Å². The molecule has 0 spiro atoms. The van der Waals surface area contributed by atoms with Crippen LogP contribution >= 0.6 is 0 Å². The maximum atomic E-state index is 11.9. The Hall–Kier alpha value is -1.15. The van der Waals surface area contributed by atoms with E-state index in [4.69, 9.17) is 0 Å². The SMILES string of the molecule is CCCCN(CC)CC(=O)Cc1ccccc1. The van der Waals surface area contributed by atoms with Gasteiger partial charge in [-0.2, -0.15) is 0 Å². The Bertz CT molecular complexity index is 321.